The highest BCUT2D eigenvalue weighted by Crippen LogP contribution is 2.30. The summed E-state index contributed by atoms with van der Waals surface area (Å²) < 4.78 is 26.3. The summed E-state index contributed by atoms with van der Waals surface area (Å²) in [6.07, 6.45) is 0.734. The first-order chi connectivity index (χ1) is 9.98. The summed E-state index contributed by atoms with van der Waals surface area (Å²) in [4.78, 5) is 0. The van der Waals surface area contributed by atoms with Gasteiger partial charge in [0.2, 0.25) is 0 Å². The van der Waals surface area contributed by atoms with Gasteiger partial charge in [0.1, 0.15) is 0 Å². The monoisotopic (exact) mass is 370 g/mol. The molecule has 0 amide bonds. The number of para-hydroxylation sites is 1. The van der Waals surface area contributed by atoms with Crippen LogP contribution >= 0.6 is 15.9 Å². The van der Waals surface area contributed by atoms with Crippen LogP contribution in [-0.2, 0) is 16.4 Å². The zero-order valence-electron chi connectivity index (χ0n) is 12.0. The number of nitrogens with one attached hydrogen (secondary N) is 1. The molecule has 1 unspecified atom stereocenters. The van der Waals surface area contributed by atoms with Crippen LogP contribution in [0.1, 0.15) is 12.1 Å². The predicted octanol–water partition coefficient (Wildman–Crippen LogP) is 2.49. The molecule has 1 N–H and O–H groups in total. The molecule has 0 saturated carbocycles. The molecule has 3 rings (SSSR count). The Morgan fingerprint density at radius 1 is 1.38 bits per heavy atom. The lowest BCUT2D eigenvalue weighted by Gasteiger charge is -2.13. The van der Waals surface area contributed by atoms with E-state index < -0.39 is 9.84 Å². The highest BCUT2D eigenvalue weighted by atomic mass is 79.9. The lowest BCUT2D eigenvalue weighted by atomic mass is 10.2. The molecule has 0 bridgehead atoms. The van der Waals surface area contributed by atoms with Crippen LogP contribution in [0.15, 0.2) is 28.7 Å². The van der Waals surface area contributed by atoms with Gasteiger partial charge in [-0.3, -0.25) is 0 Å². The summed E-state index contributed by atoms with van der Waals surface area (Å²) in [7, 11) is -2.81. The Bertz CT molecular complexity index is 767. The average molecular weight is 371 g/mol. The lowest BCUT2D eigenvalue weighted by molar-refractivity contribution is 0.521. The molecule has 2 aromatic rings. The van der Waals surface area contributed by atoms with Crippen molar-refractivity contribution < 1.29 is 8.42 Å². The van der Waals surface area contributed by atoms with Crippen molar-refractivity contribution in [2.75, 3.05) is 18.1 Å². The smallest absolute Gasteiger partial charge is 0.151 e. The standard InChI is InChI=1S/C15H19BrN2O2S/c1-11-15(16)13-4-2-3-5-14(13)18(11)8-7-17-12-6-9-21(19,20)10-12/h2-5,12,17H,6-10H2,1H3. The molecule has 1 aromatic heterocycles. The van der Waals surface area contributed by atoms with Crippen LogP contribution in [0.4, 0.5) is 0 Å². The average Bonchev–Trinajstić information content (AvgIpc) is 2.92. The fourth-order valence-electron chi connectivity index (χ4n) is 3.01. The minimum atomic E-state index is -2.81. The minimum absolute atomic E-state index is 0.112. The third-order valence-corrected chi connectivity index (χ3v) is 6.92. The van der Waals surface area contributed by atoms with Crippen molar-refractivity contribution in [1.29, 1.82) is 0 Å². The maximum Gasteiger partial charge on any atom is 0.151 e. The summed E-state index contributed by atoms with van der Waals surface area (Å²) in [5.41, 5.74) is 2.42. The van der Waals surface area contributed by atoms with Crippen LogP contribution in [0.3, 0.4) is 0 Å². The van der Waals surface area contributed by atoms with Crippen molar-refractivity contribution in [2.24, 2.45) is 0 Å². The lowest BCUT2D eigenvalue weighted by Crippen LogP contribution is -2.32. The Hall–Kier alpha value is -0.850. The first-order valence-corrected chi connectivity index (χ1v) is 9.76. The number of fused-ring (bicyclic) bond motifs is 1. The highest BCUT2D eigenvalue weighted by Gasteiger charge is 2.27. The van der Waals surface area contributed by atoms with E-state index in [1.807, 2.05) is 12.1 Å². The summed E-state index contributed by atoms with van der Waals surface area (Å²) in [5.74, 6) is 0.601. The molecular formula is C15H19BrN2O2S. The SMILES string of the molecule is Cc1c(Br)c2ccccc2n1CCNC1CCS(=O)(=O)C1. The van der Waals surface area contributed by atoms with E-state index in [0.29, 0.717) is 5.75 Å². The first kappa shape index (κ1) is 15.1. The van der Waals surface area contributed by atoms with Gasteiger partial charge in [0.05, 0.1) is 11.5 Å². The molecule has 1 aromatic carbocycles. The molecule has 1 aliphatic rings. The Morgan fingerprint density at radius 3 is 2.86 bits per heavy atom. The molecule has 6 heteroatoms. The maximum absolute atomic E-state index is 11.5. The van der Waals surface area contributed by atoms with Gasteiger partial charge in [0, 0.05) is 40.2 Å². The molecule has 1 atom stereocenters. The van der Waals surface area contributed by atoms with Crippen molar-refractivity contribution >= 4 is 36.7 Å². The predicted molar refractivity (Wildman–Crippen MR) is 89.4 cm³/mol. The van der Waals surface area contributed by atoms with Gasteiger partial charge in [-0.15, -0.1) is 0 Å². The van der Waals surface area contributed by atoms with E-state index in [1.54, 1.807) is 0 Å². The van der Waals surface area contributed by atoms with E-state index in [9.17, 15) is 8.42 Å². The number of aromatic nitrogens is 1. The molecule has 1 aliphatic heterocycles. The van der Waals surface area contributed by atoms with Gasteiger partial charge in [-0.1, -0.05) is 18.2 Å². The molecule has 0 radical (unpaired) electrons. The quantitative estimate of drug-likeness (QED) is 0.899. The Morgan fingerprint density at radius 2 is 2.14 bits per heavy atom. The first-order valence-electron chi connectivity index (χ1n) is 7.15. The number of rotatable bonds is 4. The van der Waals surface area contributed by atoms with Gasteiger partial charge in [-0.05, 0) is 35.3 Å². The number of benzene rings is 1. The molecule has 1 saturated heterocycles. The van der Waals surface area contributed by atoms with E-state index in [2.05, 4.69) is 44.9 Å². The second kappa shape index (κ2) is 5.74. The van der Waals surface area contributed by atoms with E-state index in [-0.39, 0.29) is 11.8 Å². The third-order valence-electron chi connectivity index (χ3n) is 4.15. The van der Waals surface area contributed by atoms with Crippen LogP contribution in [0, 0.1) is 6.92 Å². The van der Waals surface area contributed by atoms with Gasteiger partial charge in [-0.25, -0.2) is 8.42 Å². The van der Waals surface area contributed by atoms with Crippen molar-refractivity contribution in [3.8, 4) is 0 Å². The maximum atomic E-state index is 11.5. The number of hydrogen-bond donors (Lipinski definition) is 1. The summed E-state index contributed by atoms with van der Waals surface area (Å²) in [6.45, 7) is 3.73. The number of sulfone groups is 1. The van der Waals surface area contributed by atoms with E-state index in [4.69, 9.17) is 0 Å². The van der Waals surface area contributed by atoms with Crippen LogP contribution < -0.4 is 5.32 Å². The van der Waals surface area contributed by atoms with E-state index in [1.165, 1.54) is 16.6 Å². The van der Waals surface area contributed by atoms with Gasteiger partial charge in [0.15, 0.2) is 9.84 Å². The minimum Gasteiger partial charge on any atom is -0.342 e. The summed E-state index contributed by atoms with van der Waals surface area (Å²) in [5, 5.41) is 4.59. The van der Waals surface area contributed by atoms with Gasteiger partial charge >= 0.3 is 0 Å². The van der Waals surface area contributed by atoms with E-state index in [0.717, 1.165) is 24.0 Å². The van der Waals surface area contributed by atoms with Crippen LogP contribution in [0.2, 0.25) is 0 Å². The second-order valence-corrected chi connectivity index (χ2v) is 8.64. The van der Waals surface area contributed by atoms with Gasteiger partial charge in [0.25, 0.3) is 0 Å². The third kappa shape index (κ3) is 3.03. The fourth-order valence-corrected chi connectivity index (χ4v) is 5.27. The molecular weight excluding hydrogens is 352 g/mol. The number of hydrogen-bond acceptors (Lipinski definition) is 3. The highest BCUT2D eigenvalue weighted by molar-refractivity contribution is 9.10. The number of nitrogens with zero attached hydrogens (tertiary/aromatic N) is 1. The van der Waals surface area contributed by atoms with Gasteiger partial charge < -0.3 is 9.88 Å². The van der Waals surface area contributed by atoms with Crippen LogP contribution in [0.5, 0.6) is 0 Å². The molecule has 2 heterocycles. The molecule has 0 spiro atoms. The second-order valence-electron chi connectivity index (χ2n) is 5.62. The van der Waals surface area contributed by atoms with Crippen molar-refractivity contribution in [2.45, 2.75) is 25.9 Å². The summed E-state index contributed by atoms with van der Waals surface area (Å²) >= 11 is 3.65. The summed E-state index contributed by atoms with van der Waals surface area (Å²) in [6, 6.07) is 8.42. The number of halogens is 1. The normalized spacial score (nSPS) is 21.1. The van der Waals surface area contributed by atoms with Gasteiger partial charge in [-0.2, -0.15) is 0 Å². The Labute approximate surface area is 133 Å². The molecule has 1 fully saturated rings. The topological polar surface area (TPSA) is 51.1 Å². The van der Waals surface area contributed by atoms with Crippen molar-refractivity contribution in [1.82, 2.24) is 9.88 Å². The Kier molecular flexibility index (Phi) is 4.12. The van der Waals surface area contributed by atoms with Crippen LogP contribution in [-0.4, -0.2) is 37.1 Å². The molecule has 114 valence electrons. The van der Waals surface area contributed by atoms with Crippen molar-refractivity contribution in [3.63, 3.8) is 0 Å². The zero-order valence-corrected chi connectivity index (χ0v) is 14.4. The zero-order chi connectivity index (χ0) is 15.0. The van der Waals surface area contributed by atoms with Crippen molar-refractivity contribution in [3.05, 3.63) is 34.4 Å². The molecule has 21 heavy (non-hydrogen) atoms. The van der Waals surface area contributed by atoms with Crippen LogP contribution in [0.25, 0.3) is 10.9 Å². The molecule has 4 nitrogen and oxygen atoms in total. The fraction of sp³-hybridized carbons (Fsp3) is 0.467. The molecule has 0 aliphatic carbocycles. The largest absolute Gasteiger partial charge is 0.342 e. The Balaban J connectivity index is 1.70. The van der Waals surface area contributed by atoms with E-state index >= 15 is 0 Å².